The van der Waals surface area contributed by atoms with E-state index in [2.05, 4.69) is 15.3 Å². The number of rotatable bonds is 4. The van der Waals surface area contributed by atoms with Crippen LogP contribution in [0.2, 0.25) is 0 Å². The minimum absolute atomic E-state index is 0.0190. The lowest BCUT2D eigenvalue weighted by molar-refractivity contribution is -0.384. The van der Waals surface area contributed by atoms with Crippen molar-refractivity contribution in [2.24, 2.45) is 5.92 Å². The SMILES string of the molecule is O=[N+]([O-])c1ccc2ncnc(NC3CCCC3CO)c2c1. The molecule has 1 aliphatic carbocycles. The summed E-state index contributed by atoms with van der Waals surface area (Å²) in [6.07, 6.45) is 4.45. The Labute approximate surface area is 121 Å². The van der Waals surface area contributed by atoms with Crippen molar-refractivity contribution in [3.8, 4) is 0 Å². The molecular weight excluding hydrogens is 272 g/mol. The van der Waals surface area contributed by atoms with Crippen LogP contribution in [0.25, 0.3) is 10.9 Å². The summed E-state index contributed by atoms with van der Waals surface area (Å²) in [6, 6.07) is 4.69. The lowest BCUT2D eigenvalue weighted by atomic mass is 10.0. The van der Waals surface area contributed by atoms with Gasteiger partial charge in [0.05, 0.1) is 10.4 Å². The molecule has 0 amide bonds. The fraction of sp³-hybridized carbons (Fsp3) is 0.429. The van der Waals surface area contributed by atoms with E-state index in [0.29, 0.717) is 16.7 Å². The predicted molar refractivity (Wildman–Crippen MR) is 78.0 cm³/mol. The van der Waals surface area contributed by atoms with Gasteiger partial charge in [-0.1, -0.05) is 6.42 Å². The fourth-order valence-electron chi connectivity index (χ4n) is 2.89. The molecular formula is C14H16N4O3. The van der Waals surface area contributed by atoms with Crippen molar-refractivity contribution in [1.29, 1.82) is 0 Å². The first kappa shape index (κ1) is 13.7. The van der Waals surface area contributed by atoms with Crippen LogP contribution in [-0.4, -0.2) is 32.6 Å². The number of nitro groups is 1. The largest absolute Gasteiger partial charge is 0.396 e. The van der Waals surface area contributed by atoms with Gasteiger partial charge in [-0.25, -0.2) is 9.97 Å². The Morgan fingerprint density at radius 1 is 1.38 bits per heavy atom. The van der Waals surface area contributed by atoms with E-state index in [1.54, 1.807) is 6.07 Å². The third-order valence-corrected chi connectivity index (χ3v) is 4.05. The maximum atomic E-state index is 10.9. The quantitative estimate of drug-likeness (QED) is 0.660. The van der Waals surface area contributed by atoms with Crippen LogP contribution in [0, 0.1) is 16.0 Å². The van der Waals surface area contributed by atoms with Crippen molar-refractivity contribution in [2.45, 2.75) is 25.3 Å². The summed E-state index contributed by atoms with van der Waals surface area (Å²) in [5.41, 5.74) is 0.683. The zero-order chi connectivity index (χ0) is 14.8. The van der Waals surface area contributed by atoms with Gasteiger partial charge in [-0.15, -0.1) is 0 Å². The Morgan fingerprint density at radius 2 is 2.24 bits per heavy atom. The van der Waals surface area contributed by atoms with Gasteiger partial charge in [-0.2, -0.15) is 0 Å². The van der Waals surface area contributed by atoms with Gasteiger partial charge in [0, 0.05) is 36.1 Å². The summed E-state index contributed by atoms with van der Waals surface area (Å²) < 4.78 is 0. The van der Waals surface area contributed by atoms with Gasteiger partial charge in [0.1, 0.15) is 12.1 Å². The number of fused-ring (bicyclic) bond motifs is 1. The molecule has 1 aliphatic rings. The van der Waals surface area contributed by atoms with Gasteiger partial charge in [0.25, 0.3) is 5.69 Å². The van der Waals surface area contributed by atoms with Crippen LogP contribution in [0.5, 0.6) is 0 Å². The first-order valence-corrected chi connectivity index (χ1v) is 6.95. The number of hydrogen-bond donors (Lipinski definition) is 2. The fourth-order valence-corrected chi connectivity index (χ4v) is 2.89. The highest BCUT2D eigenvalue weighted by atomic mass is 16.6. The lowest BCUT2D eigenvalue weighted by Gasteiger charge is -2.20. The second kappa shape index (κ2) is 5.61. The number of hydrogen-bond acceptors (Lipinski definition) is 6. The molecule has 0 radical (unpaired) electrons. The molecule has 1 heterocycles. The van der Waals surface area contributed by atoms with Gasteiger partial charge >= 0.3 is 0 Å². The second-order valence-corrected chi connectivity index (χ2v) is 5.31. The standard InChI is InChI=1S/C14H16N4O3/c19-7-9-2-1-3-12(9)17-14-11-6-10(18(20)21)4-5-13(11)15-8-16-14/h4-6,8-9,12,19H,1-3,7H2,(H,15,16,17). The number of nitro benzene ring substituents is 1. The molecule has 110 valence electrons. The number of benzene rings is 1. The average molecular weight is 288 g/mol. The van der Waals surface area contributed by atoms with Crippen LogP contribution in [0.4, 0.5) is 11.5 Å². The van der Waals surface area contributed by atoms with E-state index in [1.807, 2.05) is 0 Å². The maximum Gasteiger partial charge on any atom is 0.270 e. The molecule has 7 nitrogen and oxygen atoms in total. The smallest absolute Gasteiger partial charge is 0.270 e. The molecule has 0 saturated heterocycles. The Morgan fingerprint density at radius 3 is 3.00 bits per heavy atom. The average Bonchev–Trinajstić information content (AvgIpc) is 2.94. The van der Waals surface area contributed by atoms with E-state index in [0.717, 1.165) is 19.3 Å². The van der Waals surface area contributed by atoms with Crippen molar-refractivity contribution >= 4 is 22.4 Å². The van der Waals surface area contributed by atoms with Crippen LogP contribution < -0.4 is 5.32 Å². The van der Waals surface area contributed by atoms with Crippen LogP contribution in [0.15, 0.2) is 24.5 Å². The summed E-state index contributed by atoms with van der Waals surface area (Å²) in [4.78, 5) is 18.8. The Kier molecular flexibility index (Phi) is 3.66. The van der Waals surface area contributed by atoms with Crippen molar-refractivity contribution in [2.75, 3.05) is 11.9 Å². The van der Waals surface area contributed by atoms with Crippen molar-refractivity contribution in [1.82, 2.24) is 9.97 Å². The summed E-state index contributed by atoms with van der Waals surface area (Å²) in [6.45, 7) is 0.140. The van der Waals surface area contributed by atoms with E-state index >= 15 is 0 Å². The van der Waals surface area contributed by atoms with E-state index in [9.17, 15) is 15.2 Å². The highest BCUT2D eigenvalue weighted by molar-refractivity contribution is 5.90. The molecule has 2 unspecified atom stereocenters. The number of nitrogens with zero attached hydrogens (tertiary/aromatic N) is 3. The molecule has 2 atom stereocenters. The van der Waals surface area contributed by atoms with Gasteiger partial charge in [0.15, 0.2) is 0 Å². The third kappa shape index (κ3) is 2.64. The minimum atomic E-state index is -0.428. The monoisotopic (exact) mass is 288 g/mol. The Hall–Kier alpha value is -2.28. The van der Waals surface area contributed by atoms with E-state index < -0.39 is 4.92 Å². The number of aliphatic hydroxyl groups is 1. The van der Waals surface area contributed by atoms with Gasteiger partial charge < -0.3 is 10.4 Å². The van der Waals surface area contributed by atoms with E-state index in [4.69, 9.17) is 0 Å². The van der Waals surface area contributed by atoms with Crippen molar-refractivity contribution in [3.05, 3.63) is 34.6 Å². The van der Waals surface area contributed by atoms with Crippen LogP contribution in [0.1, 0.15) is 19.3 Å². The molecule has 1 aromatic heterocycles. The van der Waals surface area contributed by atoms with Gasteiger partial charge in [-0.05, 0) is 18.9 Å². The molecule has 1 aromatic carbocycles. The molecule has 0 bridgehead atoms. The maximum absolute atomic E-state index is 10.9. The van der Waals surface area contributed by atoms with Crippen molar-refractivity contribution in [3.63, 3.8) is 0 Å². The number of anilines is 1. The first-order valence-electron chi connectivity index (χ1n) is 6.95. The zero-order valence-electron chi connectivity index (χ0n) is 11.4. The highest BCUT2D eigenvalue weighted by Crippen LogP contribution is 2.30. The topological polar surface area (TPSA) is 101 Å². The molecule has 2 N–H and O–H groups in total. The van der Waals surface area contributed by atoms with E-state index in [-0.39, 0.29) is 24.3 Å². The lowest BCUT2D eigenvalue weighted by Crippen LogP contribution is -2.26. The first-order chi connectivity index (χ1) is 10.2. The highest BCUT2D eigenvalue weighted by Gasteiger charge is 2.27. The van der Waals surface area contributed by atoms with Crippen LogP contribution in [-0.2, 0) is 0 Å². The summed E-state index contributed by atoms with van der Waals surface area (Å²) in [5, 5.41) is 24.2. The molecule has 0 aliphatic heterocycles. The third-order valence-electron chi connectivity index (χ3n) is 4.05. The molecule has 2 aromatic rings. The normalized spacial score (nSPS) is 21.6. The molecule has 7 heteroatoms. The second-order valence-electron chi connectivity index (χ2n) is 5.31. The summed E-state index contributed by atoms with van der Waals surface area (Å²) in [7, 11) is 0. The van der Waals surface area contributed by atoms with Crippen molar-refractivity contribution < 1.29 is 10.0 Å². The predicted octanol–water partition coefficient (Wildman–Crippen LogP) is 2.11. The van der Waals surface area contributed by atoms with Crippen LogP contribution >= 0.6 is 0 Å². The molecule has 3 rings (SSSR count). The number of aromatic nitrogens is 2. The minimum Gasteiger partial charge on any atom is -0.396 e. The zero-order valence-corrected chi connectivity index (χ0v) is 11.4. The molecule has 1 saturated carbocycles. The summed E-state index contributed by atoms with van der Waals surface area (Å²) in [5.74, 6) is 0.794. The molecule has 1 fully saturated rings. The molecule has 0 spiro atoms. The van der Waals surface area contributed by atoms with Gasteiger partial charge in [0.2, 0.25) is 0 Å². The number of aliphatic hydroxyl groups excluding tert-OH is 1. The number of nitrogens with one attached hydrogen (secondary N) is 1. The van der Waals surface area contributed by atoms with E-state index in [1.165, 1.54) is 18.5 Å². The van der Waals surface area contributed by atoms with Gasteiger partial charge in [-0.3, -0.25) is 10.1 Å². The molecule has 21 heavy (non-hydrogen) atoms. The summed E-state index contributed by atoms with van der Waals surface area (Å²) >= 11 is 0. The Bertz CT molecular complexity index is 676. The van der Waals surface area contributed by atoms with Crippen LogP contribution in [0.3, 0.4) is 0 Å². The Balaban J connectivity index is 1.97. The number of non-ortho nitro benzene ring substituents is 1.